The Morgan fingerprint density at radius 3 is 1.60 bits per heavy atom. The van der Waals surface area contributed by atoms with E-state index in [4.69, 9.17) is 0 Å². The van der Waals surface area contributed by atoms with Crippen molar-refractivity contribution < 1.29 is 26.3 Å². The van der Waals surface area contributed by atoms with Crippen LogP contribution in [0.2, 0.25) is 0 Å². The first-order valence-electron chi connectivity index (χ1n) is 10.6. The van der Waals surface area contributed by atoms with Gasteiger partial charge in [0.15, 0.2) is 0 Å². The van der Waals surface area contributed by atoms with Gasteiger partial charge in [-0.15, -0.1) is 10.2 Å². The van der Waals surface area contributed by atoms with E-state index in [1.54, 1.807) is 6.07 Å². The van der Waals surface area contributed by atoms with Crippen LogP contribution in [0.4, 0.5) is 26.3 Å². The van der Waals surface area contributed by atoms with Crippen LogP contribution < -0.4 is 0 Å². The second kappa shape index (κ2) is 8.08. The van der Waals surface area contributed by atoms with E-state index in [1.165, 1.54) is 0 Å². The van der Waals surface area contributed by atoms with Crippen molar-refractivity contribution in [1.29, 1.82) is 0 Å². The molecule has 176 valence electrons. The van der Waals surface area contributed by atoms with E-state index in [0.29, 0.717) is 22.5 Å². The fraction of sp³-hybridized carbons (Fsp3) is 0.111. The van der Waals surface area contributed by atoms with Crippen molar-refractivity contribution in [2.24, 2.45) is 0 Å². The van der Waals surface area contributed by atoms with Crippen molar-refractivity contribution in [1.82, 2.24) is 10.2 Å². The number of alkyl halides is 6. The third kappa shape index (κ3) is 4.09. The van der Waals surface area contributed by atoms with Gasteiger partial charge in [0.2, 0.25) is 0 Å². The van der Waals surface area contributed by atoms with Gasteiger partial charge in [0.25, 0.3) is 0 Å². The molecule has 0 saturated carbocycles. The summed E-state index contributed by atoms with van der Waals surface area (Å²) in [5.41, 5.74) is -2.71. The molecule has 0 fully saturated rings. The number of aryl methyl sites for hydroxylation is 1. The predicted octanol–water partition coefficient (Wildman–Crippen LogP) is 8.46. The number of halogens is 6. The van der Waals surface area contributed by atoms with Gasteiger partial charge in [0, 0.05) is 21.9 Å². The van der Waals surface area contributed by atoms with E-state index in [9.17, 15) is 26.3 Å². The Bertz CT molecular complexity index is 1570. The summed E-state index contributed by atoms with van der Waals surface area (Å²) in [4.78, 5) is 0. The lowest BCUT2D eigenvalue weighted by molar-refractivity contribution is -0.162. The van der Waals surface area contributed by atoms with Crippen molar-refractivity contribution in [3.63, 3.8) is 0 Å². The normalized spacial score (nSPS) is 12.4. The molecule has 0 aliphatic heterocycles. The Morgan fingerprint density at radius 2 is 1.09 bits per heavy atom. The SMILES string of the molecule is Cc1cc(-c2nnc(-c3ccccc3)c3cc4ccccc4cc23)cc(C(F)(F)F)c1C(F)(F)F. The highest BCUT2D eigenvalue weighted by atomic mass is 19.4. The number of hydrogen-bond acceptors (Lipinski definition) is 2. The minimum atomic E-state index is -5.20. The zero-order chi connectivity index (χ0) is 25.0. The molecule has 0 aliphatic carbocycles. The van der Waals surface area contributed by atoms with Crippen LogP contribution in [0.5, 0.6) is 0 Å². The van der Waals surface area contributed by atoms with Crippen LogP contribution in [0.25, 0.3) is 44.1 Å². The largest absolute Gasteiger partial charge is 0.417 e. The molecule has 0 unspecified atom stereocenters. The molecule has 4 aromatic carbocycles. The summed E-state index contributed by atoms with van der Waals surface area (Å²) in [6.07, 6.45) is -10.4. The molecule has 0 amide bonds. The summed E-state index contributed by atoms with van der Waals surface area (Å²) in [5.74, 6) is 0. The number of benzene rings is 4. The van der Waals surface area contributed by atoms with Crippen LogP contribution in [-0.4, -0.2) is 10.2 Å². The molecule has 5 rings (SSSR count). The summed E-state index contributed by atoms with van der Waals surface area (Å²) in [7, 11) is 0. The third-order valence-electron chi connectivity index (χ3n) is 5.89. The van der Waals surface area contributed by atoms with Crippen LogP contribution in [0.3, 0.4) is 0 Å². The lowest BCUT2D eigenvalue weighted by Crippen LogP contribution is -2.18. The highest BCUT2D eigenvalue weighted by Gasteiger charge is 2.44. The summed E-state index contributed by atoms with van der Waals surface area (Å²) in [6.45, 7) is 1.02. The fourth-order valence-corrected chi connectivity index (χ4v) is 4.39. The van der Waals surface area contributed by atoms with Gasteiger partial charge in [0.05, 0.1) is 11.1 Å². The lowest BCUT2D eigenvalue weighted by Gasteiger charge is -2.20. The molecule has 0 bridgehead atoms. The summed E-state index contributed by atoms with van der Waals surface area (Å²) >= 11 is 0. The van der Waals surface area contributed by atoms with Crippen LogP contribution in [0, 0.1) is 6.92 Å². The molecular weight excluding hydrogens is 466 g/mol. The van der Waals surface area contributed by atoms with Crippen molar-refractivity contribution in [3.05, 3.63) is 95.6 Å². The first-order valence-corrected chi connectivity index (χ1v) is 10.6. The smallest absolute Gasteiger partial charge is 0.166 e. The minimum Gasteiger partial charge on any atom is -0.166 e. The third-order valence-corrected chi connectivity index (χ3v) is 5.89. The molecule has 0 N–H and O–H groups in total. The van der Waals surface area contributed by atoms with E-state index in [1.807, 2.05) is 60.7 Å². The molecule has 8 heteroatoms. The Kier molecular flexibility index (Phi) is 5.27. The summed E-state index contributed by atoms with van der Waals surface area (Å²) < 4.78 is 81.7. The zero-order valence-corrected chi connectivity index (χ0v) is 18.2. The fourth-order valence-electron chi connectivity index (χ4n) is 4.39. The second-order valence-corrected chi connectivity index (χ2v) is 8.22. The van der Waals surface area contributed by atoms with E-state index in [0.717, 1.165) is 29.3 Å². The average Bonchev–Trinajstić information content (AvgIpc) is 2.80. The quantitative estimate of drug-likeness (QED) is 0.186. The first-order chi connectivity index (χ1) is 16.5. The van der Waals surface area contributed by atoms with Crippen LogP contribution in [0.15, 0.2) is 78.9 Å². The zero-order valence-electron chi connectivity index (χ0n) is 18.2. The van der Waals surface area contributed by atoms with Crippen molar-refractivity contribution in [3.8, 4) is 22.5 Å². The predicted molar refractivity (Wildman–Crippen MR) is 123 cm³/mol. The van der Waals surface area contributed by atoms with Crippen molar-refractivity contribution >= 4 is 21.5 Å². The van der Waals surface area contributed by atoms with Gasteiger partial charge in [-0.2, -0.15) is 26.3 Å². The number of rotatable bonds is 2. The number of aromatic nitrogens is 2. The summed E-state index contributed by atoms with van der Waals surface area (Å²) in [5, 5.41) is 11.3. The van der Waals surface area contributed by atoms with Gasteiger partial charge in [-0.25, -0.2) is 0 Å². The number of nitrogens with zero attached hydrogens (tertiary/aromatic N) is 2. The average molecular weight is 482 g/mol. The Hall–Kier alpha value is -3.94. The molecular formula is C27H16F6N2. The van der Waals surface area contributed by atoms with Gasteiger partial charge in [-0.05, 0) is 47.5 Å². The van der Waals surface area contributed by atoms with Crippen molar-refractivity contribution in [2.45, 2.75) is 19.3 Å². The molecule has 1 aromatic heterocycles. The van der Waals surface area contributed by atoms with E-state index in [-0.39, 0.29) is 11.3 Å². The van der Waals surface area contributed by atoms with Crippen LogP contribution in [0.1, 0.15) is 16.7 Å². The Labute approximate surface area is 195 Å². The van der Waals surface area contributed by atoms with Crippen molar-refractivity contribution in [2.75, 3.05) is 0 Å². The second-order valence-electron chi connectivity index (χ2n) is 8.22. The van der Waals surface area contributed by atoms with E-state index in [2.05, 4.69) is 10.2 Å². The van der Waals surface area contributed by atoms with Gasteiger partial charge in [0.1, 0.15) is 11.4 Å². The number of hydrogen-bond donors (Lipinski definition) is 0. The highest BCUT2D eigenvalue weighted by Crippen LogP contribution is 2.45. The Morgan fingerprint density at radius 1 is 0.571 bits per heavy atom. The molecule has 0 radical (unpaired) electrons. The van der Waals surface area contributed by atoms with Gasteiger partial charge < -0.3 is 0 Å². The van der Waals surface area contributed by atoms with E-state index >= 15 is 0 Å². The maximum atomic E-state index is 13.7. The van der Waals surface area contributed by atoms with Gasteiger partial charge in [-0.3, -0.25) is 0 Å². The standard InChI is InChI=1S/C27H16F6N2/c1-15-11-19(14-22(26(28,29)30)23(15)27(31,32)33)25-21-13-18-10-6-5-9-17(18)12-20(21)24(34-35-25)16-7-3-2-4-8-16/h2-14H,1H3. The number of fused-ring (bicyclic) bond motifs is 2. The minimum absolute atomic E-state index is 0.0766. The maximum Gasteiger partial charge on any atom is 0.417 e. The van der Waals surface area contributed by atoms with Gasteiger partial charge in [-0.1, -0.05) is 54.6 Å². The van der Waals surface area contributed by atoms with Crippen LogP contribution >= 0.6 is 0 Å². The molecule has 0 atom stereocenters. The lowest BCUT2D eigenvalue weighted by atomic mass is 9.93. The maximum absolute atomic E-state index is 13.7. The summed E-state index contributed by atoms with van der Waals surface area (Å²) in [6, 6.07) is 21.8. The molecule has 0 spiro atoms. The molecule has 5 aromatic rings. The topological polar surface area (TPSA) is 25.8 Å². The molecule has 0 saturated heterocycles. The molecule has 1 heterocycles. The molecule has 35 heavy (non-hydrogen) atoms. The van der Waals surface area contributed by atoms with Crippen LogP contribution in [-0.2, 0) is 12.4 Å². The Balaban J connectivity index is 1.86. The highest BCUT2D eigenvalue weighted by molar-refractivity contribution is 6.08. The first kappa shape index (κ1) is 22.8. The molecule has 2 nitrogen and oxygen atoms in total. The molecule has 0 aliphatic rings. The monoisotopic (exact) mass is 482 g/mol. The van der Waals surface area contributed by atoms with E-state index < -0.39 is 29.0 Å². The van der Waals surface area contributed by atoms with Gasteiger partial charge >= 0.3 is 12.4 Å².